The molecule has 3 aliphatic rings. The average Bonchev–Trinajstić information content (AvgIpc) is 3.63. The number of carbonyl (C=O) groups excluding carboxylic acids is 4. The summed E-state index contributed by atoms with van der Waals surface area (Å²) in [7, 11) is 1.52. The largest absolute Gasteiger partial charge is 0.427 e. The first-order chi connectivity index (χ1) is 17.3. The lowest BCUT2D eigenvalue weighted by Crippen LogP contribution is -2.47. The highest BCUT2D eigenvalue weighted by atomic mass is 16.6. The molecule has 9 nitrogen and oxygen atoms in total. The van der Waals surface area contributed by atoms with E-state index in [0.29, 0.717) is 36.6 Å². The molecule has 2 atom stereocenters. The fourth-order valence-corrected chi connectivity index (χ4v) is 5.22. The van der Waals surface area contributed by atoms with Crippen molar-refractivity contribution in [3.05, 3.63) is 65.2 Å². The summed E-state index contributed by atoms with van der Waals surface area (Å²) in [5.41, 5.74) is 1.58. The first-order valence-corrected chi connectivity index (χ1v) is 12.3. The molecule has 5 rings (SSSR count). The predicted molar refractivity (Wildman–Crippen MR) is 132 cm³/mol. The molecule has 2 aromatic carbocycles. The number of nitrogens with zero attached hydrogens (tertiary/aromatic N) is 2. The van der Waals surface area contributed by atoms with E-state index in [1.807, 2.05) is 37.3 Å². The summed E-state index contributed by atoms with van der Waals surface area (Å²) in [6, 6.07) is 14.5. The molecular formula is C27H30N4O5. The molecule has 2 aliphatic carbocycles. The molecule has 2 fully saturated rings. The van der Waals surface area contributed by atoms with Crippen LogP contribution in [0, 0.1) is 5.92 Å². The zero-order valence-corrected chi connectivity index (χ0v) is 20.5. The number of anilines is 1. The lowest BCUT2D eigenvalue weighted by molar-refractivity contribution is -0.143. The Hall–Kier alpha value is -3.88. The van der Waals surface area contributed by atoms with Crippen molar-refractivity contribution in [3.63, 3.8) is 0 Å². The van der Waals surface area contributed by atoms with Gasteiger partial charge in [-0.2, -0.15) is 0 Å². The zero-order valence-electron chi connectivity index (χ0n) is 20.5. The van der Waals surface area contributed by atoms with Gasteiger partial charge in [-0.1, -0.05) is 36.4 Å². The fourth-order valence-electron chi connectivity index (χ4n) is 5.22. The van der Waals surface area contributed by atoms with Crippen molar-refractivity contribution < 1.29 is 23.9 Å². The molecule has 1 saturated heterocycles. The summed E-state index contributed by atoms with van der Waals surface area (Å²) in [4.78, 5) is 54.3. The third-order valence-corrected chi connectivity index (χ3v) is 7.45. The van der Waals surface area contributed by atoms with Gasteiger partial charge in [-0.05, 0) is 55.4 Å². The minimum absolute atomic E-state index is 0.0128. The van der Waals surface area contributed by atoms with E-state index in [-0.39, 0.29) is 24.5 Å². The van der Waals surface area contributed by atoms with Crippen LogP contribution >= 0.6 is 0 Å². The molecule has 9 heteroatoms. The molecule has 1 aliphatic heterocycles. The van der Waals surface area contributed by atoms with Gasteiger partial charge in [-0.3, -0.25) is 9.59 Å². The van der Waals surface area contributed by atoms with Crippen molar-refractivity contribution in [2.75, 3.05) is 18.9 Å². The van der Waals surface area contributed by atoms with Crippen molar-refractivity contribution in [2.45, 2.75) is 50.8 Å². The minimum atomic E-state index is -1.43. The van der Waals surface area contributed by atoms with Gasteiger partial charge >= 0.3 is 12.1 Å². The molecule has 0 radical (unpaired) electrons. The van der Waals surface area contributed by atoms with E-state index in [2.05, 4.69) is 10.6 Å². The third-order valence-electron chi connectivity index (χ3n) is 7.45. The number of rotatable bonds is 7. The Morgan fingerprint density at radius 3 is 2.61 bits per heavy atom. The summed E-state index contributed by atoms with van der Waals surface area (Å²) in [6.07, 6.45) is 2.15. The molecule has 188 valence electrons. The summed E-state index contributed by atoms with van der Waals surface area (Å²) in [5, 5.41) is 5.20. The van der Waals surface area contributed by atoms with Crippen LogP contribution in [0.15, 0.2) is 48.5 Å². The van der Waals surface area contributed by atoms with Crippen molar-refractivity contribution in [2.24, 2.45) is 5.92 Å². The summed E-state index contributed by atoms with van der Waals surface area (Å²) in [5.74, 6) is -0.348. The van der Waals surface area contributed by atoms with Gasteiger partial charge in [0.25, 0.3) is 5.91 Å². The van der Waals surface area contributed by atoms with E-state index in [1.54, 1.807) is 23.1 Å². The molecule has 5 amide bonds. The van der Waals surface area contributed by atoms with Crippen LogP contribution in [0.3, 0.4) is 0 Å². The molecule has 1 spiro atoms. The number of aryl methyl sites for hydroxylation is 1. The smallest absolute Gasteiger partial charge is 0.418 e. The lowest BCUT2D eigenvalue weighted by Gasteiger charge is -2.30. The van der Waals surface area contributed by atoms with Crippen molar-refractivity contribution in [3.8, 4) is 0 Å². The highest BCUT2D eigenvalue weighted by molar-refractivity contribution is 6.06. The second-order valence-corrected chi connectivity index (χ2v) is 9.75. The van der Waals surface area contributed by atoms with Gasteiger partial charge in [-0.15, -0.1) is 0 Å². The number of amides is 5. The Kier molecular flexibility index (Phi) is 6.15. The Morgan fingerprint density at radius 1 is 1.17 bits per heavy atom. The van der Waals surface area contributed by atoms with Gasteiger partial charge in [0.1, 0.15) is 6.54 Å². The second-order valence-electron chi connectivity index (χ2n) is 9.75. The SMILES string of the molecule is CNC(=O)Nc1ccc2c(c1)CC[C@@]21OC(=O)N(CC(=O)N(Cc2ccccc2)C(C)C2CC2)C1=O. The molecule has 2 aromatic rings. The Labute approximate surface area is 209 Å². The maximum absolute atomic E-state index is 13.6. The second kappa shape index (κ2) is 9.29. The van der Waals surface area contributed by atoms with Crippen molar-refractivity contribution >= 4 is 29.6 Å². The van der Waals surface area contributed by atoms with Crippen LogP contribution in [-0.2, 0) is 32.9 Å². The first kappa shape index (κ1) is 23.8. The van der Waals surface area contributed by atoms with E-state index < -0.39 is 17.6 Å². The third kappa shape index (κ3) is 4.29. The summed E-state index contributed by atoms with van der Waals surface area (Å²) in [6.45, 7) is 2.10. The highest BCUT2D eigenvalue weighted by Crippen LogP contribution is 2.46. The van der Waals surface area contributed by atoms with E-state index in [9.17, 15) is 19.2 Å². The van der Waals surface area contributed by atoms with Crippen LogP contribution in [0.25, 0.3) is 0 Å². The first-order valence-electron chi connectivity index (χ1n) is 12.3. The fraction of sp³-hybridized carbons (Fsp3) is 0.407. The van der Waals surface area contributed by atoms with Gasteiger partial charge in [0, 0.05) is 37.3 Å². The number of urea groups is 1. The lowest BCUT2D eigenvalue weighted by atomic mass is 9.94. The molecule has 2 N–H and O–H groups in total. The molecule has 0 aromatic heterocycles. The number of carbonyl (C=O) groups is 4. The Bertz CT molecular complexity index is 1210. The standard InChI is InChI=1S/C27H30N4O5/c1-17(19-8-9-19)30(15-18-6-4-3-5-7-18)23(32)16-31-24(33)27(36-26(31)35)13-12-20-14-21(10-11-22(20)27)29-25(34)28-2/h3-7,10-11,14,17,19H,8-9,12-13,15-16H2,1-2H3,(H2,28,29,34)/t17?,27-/m1/s1. The van der Waals surface area contributed by atoms with E-state index in [1.165, 1.54) is 7.05 Å². The van der Waals surface area contributed by atoms with Gasteiger partial charge in [0.05, 0.1) is 0 Å². The van der Waals surface area contributed by atoms with Crippen molar-refractivity contribution in [1.82, 2.24) is 15.1 Å². The van der Waals surface area contributed by atoms with Gasteiger partial charge < -0.3 is 20.3 Å². The molecule has 1 heterocycles. The molecule has 0 bridgehead atoms. The summed E-state index contributed by atoms with van der Waals surface area (Å²) < 4.78 is 5.69. The van der Waals surface area contributed by atoms with Crippen LogP contribution < -0.4 is 10.6 Å². The number of imide groups is 1. The van der Waals surface area contributed by atoms with E-state index in [4.69, 9.17) is 4.74 Å². The monoisotopic (exact) mass is 490 g/mol. The molecule has 36 heavy (non-hydrogen) atoms. The van der Waals surface area contributed by atoms with Gasteiger partial charge in [-0.25, -0.2) is 14.5 Å². The quantitative estimate of drug-likeness (QED) is 0.619. The predicted octanol–water partition coefficient (Wildman–Crippen LogP) is 3.39. The van der Waals surface area contributed by atoms with E-state index >= 15 is 0 Å². The molecular weight excluding hydrogens is 460 g/mol. The van der Waals surface area contributed by atoms with Crippen molar-refractivity contribution in [1.29, 1.82) is 0 Å². The maximum Gasteiger partial charge on any atom is 0.418 e. The van der Waals surface area contributed by atoms with Gasteiger partial charge in [0.15, 0.2) is 0 Å². The van der Waals surface area contributed by atoms with Crippen LogP contribution in [0.1, 0.15) is 42.9 Å². The Morgan fingerprint density at radius 2 is 1.92 bits per heavy atom. The minimum Gasteiger partial charge on any atom is -0.427 e. The number of ether oxygens (including phenoxy) is 1. The number of benzene rings is 2. The Balaban J connectivity index is 1.35. The topological polar surface area (TPSA) is 108 Å². The summed E-state index contributed by atoms with van der Waals surface area (Å²) >= 11 is 0. The van der Waals surface area contributed by atoms with Crippen LogP contribution in [0.5, 0.6) is 0 Å². The molecule has 1 saturated carbocycles. The maximum atomic E-state index is 13.6. The van der Waals surface area contributed by atoms with Crippen LogP contribution in [-0.4, -0.2) is 53.4 Å². The zero-order chi connectivity index (χ0) is 25.4. The number of hydrogen-bond acceptors (Lipinski definition) is 5. The van der Waals surface area contributed by atoms with Crippen LogP contribution in [0.2, 0.25) is 0 Å². The number of hydrogen-bond donors (Lipinski definition) is 2. The number of nitrogens with one attached hydrogen (secondary N) is 2. The normalized spacial score (nSPS) is 21.2. The van der Waals surface area contributed by atoms with Gasteiger partial charge in [0.2, 0.25) is 11.5 Å². The van der Waals surface area contributed by atoms with Crippen LogP contribution in [0.4, 0.5) is 15.3 Å². The molecule has 1 unspecified atom stereocenters. The highest BCUT2D eigenvalue weighted by Gasteiger charge is 2.58. The average molecular weight is 491 g/mol. The van der Waals surface area contributed by atoms with E-state index in [0.717, 1.165) is 28.9 Å². The number of fused-ring (bicyclic) bond motifs is 2.